The van der Waals surface area contributed by atoms with Gasteiger partial charge in [-0.3, -0.25) is 4.79 Å². The summed E-state index contributed by atoms with van der Waals surface area (Å²) in [5.41, 5.74) is 0. The fourth-order valence-corrected chi connectivity index (χ4v) is 0.684. The van der Waals surface area contributed by atoms with E-state index in [2.05, 4.69) is 12.1 Å². The molecule has 1 atom stereocenters. The van der Waals surface area contributed by atoms with Crippen molar-refractivity contribution in [3.8, 4) is 0 Å². The van der Waals surface area contributed by atoms with Crippen LogP contribution < -0.4 is 0 Å². The van der Waals surface area contributed by atoms with E-state index in [1.165, 1.54) is 0 Å². The fourth-order valence-electron chi connectivity index (χ4n) is 0.684. The predicted molar refractivity (Wildman–Crippen MR) is 75.0 cm³/mol. The molecule has 2 rings (SSSR count). The SMILES string of the molecule is CC(=O)O.P.[Pd+2].[c-]1ccccc1.[c-]1ccccc1. The van der Waals surface area contributed by atoms with Gasteiger partial charge in [0.25, 0.3) is 5.97 Å². The summed E-state index contributed by atoms with van der Waals surface area (Å²) in [6.07, 6.45) is 0. The molecule has 0 fully saturated rings. The fraction of sp³-hybridized carbons (Fsp3) is 0.0714. The summed E-state index contributed by atoms with van der Waals surface area (Å²) in [6, 6.07) is 25.0. The van der Waals surface area contributed by atoms with Gasteiger partial charge in [-0.05, 0) is 0 Å². The topological polar surface area (TPSA) is 37.3 Å². The van der Waals surface area contributed by atoms with Crippen molar-refractivity contribution in [2.45, 2.75) is 6.92 Å². The first-order valence-electron chi connectivity index (χ1n) is 4.75. The van der Waals surface area contributed by atoms with Crippen LogP contribution in [0.5, 0.6) is 0 Å². The van der Waals surface area contributed by atoms with Crippen molar-refractivity contribution in [2.75, 3.05) is 0 Å². The first-order chi connectivity index (χ1) is 7.73. The second kappa shape index (κ2) is 18.4. The Kier molecular flexibility index (Phi) is 22.7. The van der Waals surface area contributed by atoms with Crippen LogP contribution in [0.15, 0.2) is 60.7 Å². The van der Waals surface area contributed by atoms with Gasteiger partial charge in [0.2, 0.25) is 0 Å². The third-order valence-electron chi connectivity index (χ3n) is 1.21. The Morgan fingerprint density at radius 1 is 0.833 bits per heavy atom. The summed E-state index contributed by atoms with van der Waals surface area (Å²) in [4.78, 5) is 9.00. The van der Waals surface area contributed by atoms with Gasteiger partial charge < -0.3 is 5.11 Å². The number of hydrogen-bond donors (Lipinski definition) is 1. The molecule has 0 heterocycles. The molecule has 0 aliphatic rings. The van der Waals surface area contributed by atoms with Crippen LogP contribution >= 0.6 is 9.90 Å². The molecular weight excluding hydrogens is 338 g/mol. The first-order valence-corrected chi connectivity index (χ1v) is 4.75. The number of hydrogen-bond acceptors (Lipinski definition) is 1. The van der Waals surface area contributed by atoms with Gasteiger partial charge in [-0.1, -0.05) is 0 Å². The van der Waals surface area contributed by atoms with Crippen LogP contribution in [0.4, 0.5) is 0 Å². The van der Waals surface area contributed by atoms with Crippen LogP contribution in [0.3, 0.4) is 0 Å². The molecule has 2 aromatic rings. The van der Waals surface area contributed by atoms with Crippen LogP contribution in [0.2, 0.25) is 0 Å². The summed E-state index contributed by atoms with van der Waals surface area (Å²) in [6.45, 7) is 1.08. The Bertz CT molecular complexity index is 266. The normalized spacial score (nSPS) is 6.72. The largest absolute Gasteiger partial charge is 2.00 e. The molecule has 2 nitrogen and oxygen atoms in total. The van der Waals surface area contributed by atoms with Crippen molar-refractivity contribution >= 4 is 15.9 Å². The molecule has 1 N–H and O–H groups in total. The third-order valence-corrected chi connectivity index (χ3v) is 1.21. The summed E-state index contributed by atoms with van der Waals surface area (Å²) >= 11 is 0. The van der Waals surface area contributed by atoms with E-state index in [4.69, 9.17) is 9.90 Å². The number of carboxylic acid groups (broad SMARTS) is 1. The molecular formula is C14H17O2PPd. The van der Waals surface area contributed by atoms with E-state index >= 15 is 0 Å². The maximum absolute atomic E-state index is 9.00. The maximum Gasteiger partial charge on any atom is 2.00 e. The predicted octanol–water partition coefficient (Wildman–Crippen LogP) is 3.12. The third kappa shape index (κ3) is 24.3. The minimum absolute atomic E-state index is 0. The van der Waals surface area contributed by atoms with Gasteiger partial charge in [0.05, 0.1) is 0 Å². The Balaban J connectivity index is -0.000000182. The van der Waals surface area contributed by atoms with Gasteiger partial charge in [-0.2, -0.15) is 82.7 Å². The molecule has 0 aliphatic carbocycles. The van der Waals surface area contributed by atoms with Crippen LogP contribution in [0.25, 0.3) is 0 Å². The minimum Gasteiger partial charge on any atom is -0.481 e. The summed E-state index contributed by atoms with van der Waals surface area (Å²) < 4.78 is 0. The zero-order valence-corrected chi connectivity index (χ0v) is 13.1. The summed E-state index contributed by atoms with van der Waals surface area (Å²) in [5.74, 6) is -0.833. The number of benzene rings is 2. The molecule has 0 aromatic heterocycles. The van der Waals surface area contributed by atoms with Crippen LogP contribution in [0.1, 0.15) is 6.92 Å². The molecule has 18 heavy (non-hydrogen) atoms. The van der Waals surface area contributed by atoms with Crippen LogP contribution in [-0.2, 0) is 25.2 Å². The molecule has 1 unspecified atom stereocenters. The average Bonchev–Trinajstić information content (AvgIpc) is 2.34. The molecule has 100 valence electrons. The molecule has 0 amide bonds. The minimum atomic E-state index is -0.833. The van der Waals surface area contributed by atoms with Crippen LogP contribution in [-0.4, -0.2) is 11.1 Å². The van der Waals surface area contributed by atoms with Crippen molar-refractivity contribution in [1.29, 1.82) is 0 Å². The van der Waals surface area contributed by atoms with Crippen LogP contribution in [0, 0.1) is 12.1 Å². The molecule has 0 bridgehead atoms. The Morgan fingerprint density at radius 3 is 1.11 bits per heavy atom. The van der Waals surface area contributed by atoms with Crippen molar-refractivity contribution in [1.82, 2.24) is 0 Å². The van der Waals surface area contributed by atoms with Gasteiger partial charge in [0, 0.05) is 6.92 Å². The molecule has 0 radical (unpaired) electrons. The van der Waals surface area contributed by atoms with Gasteiger partial charge in [0.15, 0.2) is 0 Å². The molecule has 0 spiro atoms. The van der Waals surface area contributed by atoms with E-state index in [0.29, 0.717) is 0 Å². The quantitative estimate of drug-likeness (QED) is 0.448. The smallest absolute Gasteiger partial charge is 0.481 e. The van der Waals surface area contributed by atoms with Crippen molar-refractivity contribution in [3.05, 3.63) is 72.8 Å². The second-order valence-electron chi connectivity index (χ2n) is 2.67. The van der Waals surface area contributed by atoms with Gasteiger partial charge in [-0.15, -0.1) is 0 Å². The summed E-state index contributed by atoms with van der Waals surface area (Å²) in [5, 5.41) is 7.42. The molecule has 4 heteroatoms. The van der Waals surface area contributed by atoms with Crippen molar-refractivity contribution < 1.29 is 30.3 Å². The second-order valence-corrected chi connectivity index (χ2v) is 2.67. The van der Waals surface area contributed by atoms with E-state index in [1.54, 1.807) is 0 Å². The van der Waals surface area contributed by atoms with E-state index in [-0.39, 0.29) is 30.3 Å². The average molecular weight is 355 g/mol. The zero-order chi connectivity index (χ0) is 12.1. The monoisotopic (exact) mass is 354 g/mol. The number of carbonyl (C=O) groups is 1. The van der Waals surface area contributed by atoms with Crippen molar-refractivity contribution in [2.24, 2.45) is 0 Å². The summed E-state index contributed by atoms with van der Waals surface area (Å²) in [7, 11) is 0. The first kappa shape index (κ1) is 22.2. The zero-order valence-electron chi connectivity index (χ0n) is 10.2. The van der Waals surface area contributed by atoms with Gasteiger partial charge in [-0.25, -0.2) is 0 Å². The van der Waals surface area contributed by atoms with E-state index in [0.717, 1.165) is 6.92 Å². The van der Waals surface area contributed by atoms with E-state index < -0.39 is 5.97 Å². The van der Waals surface area contributed by atoms with E-state index in [1.807, 2.05) is 60.7 Å². The van der Waals surface area contributed by atoms with Gasteiger partial charge >= 0.3 is 20.4 Å². The number of rotatable bonds is 0. The molecule has 0 saturated heterocycles. The molecule has 2 aromatic carbocycles. The van der Waals surface area contributed by atoms with Crippen molar-refractivity contribution in [3.63, 3.8) is 0 Å². The molecule has 0 aliphatic heterocycles. The number of aliphatic carboxylic acids is 1. The Hall–Kier alpha value is -0.998. The number of carboxylic acids is 1. The van der Waals surface area contributed by atoms with E-state index in [9.17, 15) is 0 Å². The maximum atomic E-state index is 9.00. The Morgan fingerprint density at radius 2 is 1.06 bits per heavy atom. The molecule has 0 saturated carbocycles. The van der Waals surface area contributed by atoms with Gasteiger partial charge in [0.1, 0.15) is 0 Å². The standard InChI is InChI=1S/2C6H5.C2H4O2.H3P.Pd/c2*1-2-4-6-5-3-1;1-2(3)4;;/h2*1-5H;1H3,(H,3,4);1H3;/q2*-1;;;+2. The Labute approximate surface area is 126 Å².